The fraction of sp³-hybridized carbons (Fsp3) is 0.0500. The Hall–Kier alpha value is -3.54. The van der Waals surface area contributed by atoms with E-state index in [9.17, 15) is 9.18 Å². The fourth-order valence-corrected chi connectivity index (χ4v) is 2.72. The lowest BCUT2D eigenvalue weighted by Gasteiger charge is -2.09. The molecular weight excluding hydrogens is 333 g/mol. The molecular formula is C20H14FN3O2. The smallest absolute Gasteiger partial charge is 0.274 e. The molecule has 0 N–H and O–H groups in total. The molecule has 0 saturated heterocycles. The summed E-state index contributed by atoms with van der Waals surface area (Å²) in [4.78, 5) is 16.8. The predicted octanol–water partition coefficient (Wildman–Crippen LogP) is 3.75. The van der Waals surface area contributed by atoms with Gasteiger partial charge in [0.15, 0.2) is 0 Å². The highest BCUT2D eigenvalue weighted by molar-refractivity contribution is 5.57. The van der Waals surface area contributed by atoms with Crippen molar-refractivity contribution in [2.24, 2.45) is 0 Å². The molecule has 0 fully saturated rings. The number of rotatable bonds is 4. The normalized spacial score (nSPS) is 10.8. The van der Waals surface area contributed by atoms with Gasteiger partial charge in [-0.3, -0.25) is 9.36 Å². The van der Waals surface area contributed by atoms with E-state index in [1.54, 1.807) is 24.3 Å². The SMILES string of the molecule is O=c1cccc(-c2nc(-c3ccccc3)no2)n1Cc1cccc(F)c1. The Morgan fingerprint density at radius 3 is 2.58 bits per heavy atom. The molecule has 0 saturated carbocycles. The minimum Gasteiger partial charge on any atom is -0.332 e. The summed E-state index contributed by atoms with van der Waals surface area (Å²) in [5.41, 5.74) is 1.74. The molecule has 2 aromatic carbocycles. The molecule has 128 valence electrons. The Kier molecular flexibility index (Phi) is 4.15. The minimum atomic E-state index is -0.350. The molecule has 0 amide bonds. The highest BCUT2D eigenvalue weighted by atomic mass is 19.1. The van der Waals surface area contributed by atoms with Crippen LogP contribution in [0.2, 0.25) is 0 Å². The van der Waals surface area contributed by atoms with E-state index in [0.717, 1.165) is 5.56 Å². The molecule has 0 aliphatic rings. The predicted molar refractivity (Wildman–Crippen MR) is 94.9 cm³/mol. The van der Waals surface area contributed by atoms with Crippen LogP contribution in [0.1, 0.15) is 5.56 Å². The summed E-state index contributed by atoms with van der Waals surface area (Å²) in [6.45, 7) is 0.204. The van der Waals surface area contributed by atoms with Crippen LogP contribution in [0.3, 0.4) is 0 Å². The number of aromatic nitrogens is 3. The average molecular weight is 347 g/mol. The second-order valence-electron chi connectivity index (χ2n) is 5.75. The molecule has 0 aliphatic heterocycles. The molecule has 2 heterocycles. The summed E-state index contributed by atoms with van der Waals surface area (Å²) in [7, 11) is 0. The Bertz CT molecular complexity index is 1100. The van der Waals surface area contributed by atoms with Crippen LogP contribution in [-0.2, 0) is 6.54 Å². The summed E-state index contributed by atoms with van der Waals surface area (Å²) in [6.07, 6.45) is 0. The Labute approximate surface area is 148 Å². The third-order valence-corrected chi connectivity index (χ3v) is 3.96. The van der Waals surface area contributed by atoms with Gasteiger partial charge in [-0.1, -0.05) is 53.7 Å². The van der Waals surface area contributed by atoms with E-state index in [2.05, 4.69) is 10.1 Å². The first-order valence-corrected chi connectivity index (χ1v) is 8.04. The van der Waals surface area contributed by atoms with Gasteiger partial charge in [-0.05, 0) is 23.8 Å². The molecule has 0 radical (unpaired) electrons. The lowest BCUT2D eigenvalue weighted by molar-refractivity contribution is 0.428. The van der Waals surface area contributed by atoms with Crippen molar-refractivity contribution in [2.45, 2.75) is 6.54 Å². The molecule has 4 rings (SSSR count). The molecule has 0 spiro atoms. The number of hydrogen-bond acceptors (Lipinski definition) is 4. The van der Waals surface area contributed by atoms with E-state index in [0.29, 0.717) is 17.1 Å². The summed E-state index contributed by atoms with van der Waals surface area (Å²) in [6, 6.07) is 20.3. The molecule has 0 aliphatic carbocycles. The molecule has 0 unspecified atom stereocenters. The van der Waals surface area contributed by atoms with E-state index in [4.69, 9.17) is 4.52 Å². The lowest BCUT2D eigenvalue weighted by atomic mass is 10.2. The maximum absolute atomic E-state index is 13.5. The summed E-state index contributed by atoms with van der Waals surface area (Å²) < 4.78 is 20.3. The largest absolute Gasteiger partial charge is 0.332 e. The van der Waals surface area contributed by atoms with E-state index in [1.165, 1.54) is 22.8 Å². The zero-order valence-electron chi connectivity index (χ0n) is 13.7. The van der Waals surface area contributed by atoms with Crippen molar-refractivity contribution in [3.05, 3.63) is 94.5 Å². The van der Waals surface area contributed by atoms with Crippen LogP contribution in [0.25, 0.3) is 23.0 Å². The summed E-state index contributed by atoms with van der Waals surface area (Å²) in [5.74, 6) is 0.323. The zero-order valence-corrected chi connectivity index (χ0v) is 13.7. The molecule has 5 nitrogen and oxygen atoms in total. The molecule has 2 aromatic heterocycles. The monoisotopic (exact) mass is 347 g/mol. The van der Waals surface area contributed by atoms with Crippen LogP contribution in [0.4, 0.5) is 4.39 Å². The molecule has 0 bridgehead atoms. The van der Waals surface area contributed by atoms with Crippen molar-refractivity contribution in [1.82, 2.24) is 14.7 Å². The minimum absolute atomic E-state index is 0.204. The van der Waals surface area contributed by atoms with Crippen LogP contribution in [-0.4, -0.2) is 14.7 Å². The van der Waals surface area contributed by atoms with Gasteiger partial charge in [-0.2, -0.15) is 4.98 Å². The van der Waals surface area contributed by atoms with Gasteiger partial charge in [0.25, 0.3) is 11.4 Å². The van der Waals surface area contributed by atoms with Crippen molar-refractivity contribution < 1.29 is 8.91 Å². The van der Waals surface area contributed by atoms with E-state index < -0.39 is 0 Å². The highest BCUT2D eigenvalue weighted by Gasteiger charge is 2.15. The number of benzene rings is 2. The standard InChI is InChI=1S/C20H14FN3O2/c21-16-9-4-6-14(12-16)13-24-17(10-5-11-18(24)25)20-22-19(23-26-20)15-7-2-1-3-8-15/h1-12H,13H2. The lowest BCUT2D eigenvalue weighted by Crippen LogP contribution is -2.21. The molecule has 6 heteroatoms. The first-order chi connectivity index (χ1) is 12.7. The Balaban J connectivity index is 1.75. The van der Waals surface area contributed by atoms with Crippen LogP contribution >= 0.6 is 0 Å². The quantitative estimate of drug-likeness (QED) is 0.564. The van der Waals surface area contributed by atoms with Gasteiger partial charge in [-0.15, -0.1) is 0 Å². The Morgan fingerprint density at radius 1 is 0.962 bits per heavy atom. The van der Waals surface area contributed by atoms with Crippen molar-refractivity contribution >= 4 is 0 Å². The van der Waals surface area contributed by atoms with Gasteiger partial charge in [-0.25, -0.2) is 4.39 Å². The molecule has 26 heavy (non-hydrogen) atoms. The van der Waals surface area contributed by atoms with Crippen molar-refractivity contribution in [1.29, 1.82) is 0 Å². The fourth-order valence-electron chi connectivity index (χ4n) is 2.72. The van der Waals surface area contributed by atoms with Crippen molar-refractivity contribution in [3.63, 3.8) is 0 Å². The first kappa shape index (κ1) is 16.0. The van der Waals surface area contributed by atoms with E-state index in [-0.39, 0.29) is 23.8 Å². The second kappa shape index (κ2) is 6.76. The third-order valence-electron chi connectivity index (χ3n) is 3.96. The second-order valence-corrected chi connectivity index (χ2v) is 5.75. The van der Waals surface area contributed by atoms with Gasteiger partial charge >= 0.3 is 0 Å². The van der Waals surface area contributed by atoms with Crippen LogP contribution in [0.15, 0.2) is 82.1 Å². The maximum Gasteiger partial charge on any atom is 0.274 e. The van der Waals surface area contributed by atoms with Gasteiger partial charge in [0.2, 0.25) is 5.82 Å². The molecule has 4 aromatic rings. The van der Waals surface area contributed by atoms with E-state index >= 15 is 0 Å². The topological polar surface area (TPSA) is 60.9 Å². The third kappa shape index (κ3) is 3.17. The maximum atomic E-state index is 13.5. The van der Waals surface area contributed by atoms with Gasteiger partial charge in [0, 0.05) is 11.6 Å². The number of nitrogens with zero attached hydrogens (tertiary/aromatic N) is 3. The summed E-state index contributed by atoms with van der Waals surface area (Å²) >= 11 is 0. The van der Waals surface area contributed by atoms with E-state index in [1.807, 2.05) is 30.3 Å². The van der Waals surface area contributed by atoms with Gasteiger partial charge < -0.3 is 4.52 Å². The highest BCUT2D eigenvalue weighted by Crippen LogP contribution is 2.21. The van der Waals surface area contributed by atoms with Crippen molar-refractivity contribution in [3.8, 4) is 23.0 Å². The van der Waals surface area contributed by atoms with Crippen molar-refractivity contribution in [2.75, 3.05) is 0 Å². The van der Waals surface area contributed by atoms with Crippen LogP contribution < -0.4 is 5.56 Å². The number of hydrogen-bond donors (Lipinski definition) is 0. The number of pyridine rings is 1. The Morgan fingerprint density at radius 2 is 1.77 bits per heavy atom. The number of halogens is 1. The van der Waals surface area contributed by atoms with Crippen LogP contribution in [0.5, 0.6) is 0 Å². The van der Waals surface area contributed by atoms with Crippen LogP contribution in [0, 0.1) is 5.82 Å². The zero-order chi connectivity index (χ0) is 17.9. The van der Waals surface area contributed by atoms with Gasteiger partial charge in [0.1, 0.15) is 11.5 Å². The average Bonchev–Trinajstić information content (AvgIpc) is 3.14. The summed E-state index contributed by atoms with van der Waals surface area (Å²) in [5, 5.41) is 3.99. The van der Waals surface area contributed by atoms with Gasteiger partial charge in [0.05, 0.1) is 6.54 Å². The first-order valence-electron chi connectivity index (χ1n) is 8.04. The molecule has 0 atom stereocenters.